The quantitative estimate of drug-likeness (QED) is 0.246. The Morgan fingerprint density at radius 2 is 1.54 bits per heavy atom. The highest BCUT2D eigenvalue weighted by Crippen LogP contribution is 2.23. The molecule has 0 unspecified atom stereocenters. The lowest BCUT2D eigenvalue weighted by Gasteiger charge is -2.14. The van der Waals surface area contributed by atoms with Crippen LogP contribution in [-0.2, 0) is 5.88 Å². The number of hydrogen-bond acceptors (Lipinski definition) is 2. The van der Waals surface area contributed by atoms with E-state index in [0.717, 1.165) is 22.5 Å². The van der Waals surface area contributed by atoms with Gasteiger partial charge >= 0.3 is 0 Å². The minimum Gasteiger partial charge on any atom is -0.495 e. The second-order valence-corrected chi connectivity index (χ2v) is 6.53. The van der Waals surface area contributed by atoms with Crippen LogP contribution < -0.4 is 15.4 Å². The number of alkyl halides is 1. The van der Waals surface area contributed by atoms with E-state index in [4.69, 9.17) is 28.6 Å². The van der Waals surface area contributed by atoms with E-state index in [1.807, 2.05) is 78.9 Å². The zero-order valence-corrected chi connectivity index (χ0v) is 16.9. The van der Waals surface area contributed by atoms with Crippen molar-refractivity contribution in [3.05, 3.63) is 90.0 Å². The van der Waals surface area contributed by atoms with Gasteiger partial charge in [0.1, 0.15) is 11.6 Å². The van der Waals surface area contributed by atoms with Gasteiger partial charge in [0.25, 0.3) is 0 Å². The summed E-state index contributed by atoms with van der Waals surface area (Å²) in [6.45, 7) is 0. The van der Waals surface area contributed by atoms with Gasteiger partial charge in [-0.15, -0.1) is 11.6 Å². The van der Waals surface area contributed by atoms with E-state index in [1.54, 1.807) is 7.11 Å². The number of ether oxygens (including phenoxy) is 1. The van der Waals surface area contributed by atoms with Crippen LogP contribution in [-0.4, -0.2) is 18.1 Å². The highest BCUT2D eigenvalue weighted by atomic mass is 35.5. The zero-order valence-electron chi connectivity index (χ0n) is 15.4. The van der Waals surface area contributed by atoms with Crippen molar-refractivity contribution in [2.45, 2.75) is 5.88 Å². The molecule has 0 spiro atoms. The minimum absolute atomic E-state index is 0.319. The predicted octanol–water partition coefficient (Wildman–Crippen LogP) is 5.69. The number of nitrogens with one attached hydrogen (secondary N) is 2. The van der Waals surface area contributed by atoms with Crippen molar-refractivity contribution >= 4 is 46.1 Å². The summed E-state index contributed by atoms with van der Waals surface area (Å²) in [5.41, 5.74) is 3.54. The van der Waals surface area contributed by atoms with E-state index in [-0.39, 0.29) is 0 Å². The molecule has 4 nitrogen and oxygen atoms in total. The molecule has 0 atom stereocenters. The van der Waals surface area contributed by atoms with E-state index in [9.17, 15) is 0 Å². The van der Waals surface area contributed by atoms with Crippen LogP contribution in [0, 0.1) is 0 Å². The van der Waals surface area contributed by atoms with Crippen LogP contribution in [0.5, 0.6) is 5.75 Å². The summed E-state index contributed by atoms with van der Waals surface area (Å²) in [7, 11) is 1.62. The molecule has 0 bridgehead atoms. The molecular weight excluding hydrogens is 390 g/mol. The SMILES string of the molecule is COc1ccccc1NC(=S)/N=C(/Nc1ccccc1CCl)c1ccccc1. The molecule has 3 rings (SSSR count). The molecule has 0 saturated carbocycles. The minimum atomic E-state index is 0.319. The molecule has 0 saturated heterocycles. The van der Waals surface area contributed by atoms with Crippen molar-refractivity contribution in [3.8, 4) is 5.75 Å². The first-order chi connectivity index (χ1) is 13.7. The van der Waals surface area contributed by atoms with Crippen LogP contribution in [0.1, 0.15) is 11.1 Å². The van der Waals surface area contributed by atoms with Crippen LogP contribution in [0.4, 0.5) is 11.4 Å². The highest BCUT2D eigenvalue weighted by Gasteiger charge is 2.09. The van der Waals surface area contributed by atoms with Crippen molar-refractivity contribution < 1.29 is 4.74 Å². The van der Waals surface area contributed by atoms with Crippen molar-refractivity contribution in [2.75, 3.05) is 17.7 Å². The fraction of sp³-hybridized carbons (Fsp3) is 0.0909. The lowest BCUT2D eigenvalue weighted by molar-refractivity contribution is 0.417. The Labute approximate surface area is 175 Å². The zero-order chi connectivity index (χ0) is 19.8. The Bertz CT molecular complexity index is 976. The van der Waals surface area contributed by atoms with Crippen molar-refractivity contribution in [2.24, 2.45) is 4.99 Å². The van der Waals surface area contributed by atoms with Crippen LogP contribution in [0.2, 0.25) is 0 Å². The molecule has 3 aromatic carbocycles. The van der Waals surface area contributed by atoms with Gasteiger partial charge in [-0.05, 0) is 36.0 Å². The first-order valence-corrected chi connectivity index (χ1v) is 9.64. The number of anilines is 2. The largest absolute Gasteiger partial charge is 0.495 e. The van der Waals surface area contributed by atoms with Gasteiger partial charge in [-0.1, -0.05) is 60.7 Å². The number of amidine groups is 1. The number of aliphatic imine (C=N–C) groups is 1. The normalized spacial score (nSPS) is 11.0. The molecule has 6 heteroatoms. The van der Waals surface area contributed by atoms with Crippen molar-refractivity contribution in [1.29, 1.82) is 0 Å². The maximum absolute atomic E-state index is 6.08. The van der Waals surface area contributed by atoms with Crippen LogP contribution >= 0.6 is 23.8 Å². The topological polar surface area (TPSA) is 45.6 Å². The summed E-state index contributed by atoms with van der Waals surface area (Å²) in [5.74, 6) is 1.72. The van der Waals surface area contributed by atoms with E-state index in [1.165, 1.54) is 0 Å². The number of para-hydroxylation sites is 3. The Morgan fingerprint density at radius 1 is 0.893 bits per heavy atom. The number of benzene rings is 3. The first-order valence-electron chi connectivity index (χ1n) is 8.70. The van der Waals surface area contributed by atoms with E-state index < -0.39 is 0 Å². The maximum Gasteiger partial charge on any atom is 0.199 e. The fourth-order valence-corrected chi connectivity index (χ4v) is 3.07. The van der Waals surface area contributed by atoms with E-state index in [0.29, 0.717) is 22.6 Å². The predicted molar refractivity (Wildman–Crippen MR) is 122 cm³/mol. The summed E-state index contributed by atoms with van der Waals surface area (Å²) in [6.07, 6.45) is 0. The fourth-order valence-electron chi connectivity index (χ4n) is 2.64. The average molecular weight is 410 g/mol. The maximum atomic E-state index is 6.08. The Hall–Kier alpha value is -2.89. The number of methoxy groups -OCH3 is 1. The molecule has 28 heavy (non-hydrogen) atoms. The lowest BCUT2D eigenvalue weighted by Crippen LogP contribution is -2.19. The van der Waals surface area contributed by atoms with Gasteiger partial charge in [0.15, 0.2) is 5.11 Å². The van der Waals surface area contributed by atoms with Gasteiger partial charge < -0.3 is 15.4 Å². The number of halogens is 1. The van der Waals surface area contributed by atoms with Crippen LogP contribution in [0.3, 0.4) is 0 Å². The number of hydrogen-bond donors (Lipinski definition) is 2. The molecule has 2 N–H and O–H groups in total. The third-order valence-corrected chi connectivity index (χ3v) is 4.50. The summed E-state index contributed by atoms with van der Waals surface area (Å²) in [6, 6.07) is 25.2. The highest BCUT2D eigenvalue weighted by molar-refractivity contribution is 7.80. The van der Waals surface area contributed by atoms with E-state index >= 15 is 0 Å². The Morgan fingerprint density at radius 3 is 2.25 bits per heavy atom. The smallest absolute Gasteiger partial charge is 0.199 e. The number of nitrogens with zero attached hydrogens (tertiary/aromatic N) is 1. The van der Waals surface area contributed by atoms with Crippen LogP contribution in [0.15, 0.2) is 83.9 Å². The molecule has 0 radical (unpaired) electrons. The second kappa shape index (κ2) is 9.88. The van der Waals surface area contributed by atoms with Gasteiger partial charge in [-0.2, -0.15) is 0 Å². The lowest BCUT2D eigenvalue weighted by atomic mass is 10.1. The summed E-state index contributed by atoms with van der Waals surface area (Å²) < 4.78 is 5.36. The molecule has 0 heterocycles. The van der Waals surface area contributed by atoms with Gasteiger partial charge in [0.05, 0.1) is 12.8 Å². The number of thiocarbonyl (C=S) groups is 1. The second-order valence-electron chi connectivity index (χ2n) is 5.87. The van der Waals surface area contributed by atoms with Crippen molar-refractivity contribution in [1.82, 2.24) is 0 Å². The monoisotopic (exact) mass is 409 g/mol. The molecule has 0 amide bonds. The molecular formula is C22H20ClN3OS. The first kappa shape index (κ1) is 19.9. The summed E-state index contributed by atoms with van der Waals surface area (Å²) in [5, 5.41) is 6.81. The summed E-state index contributed by atoms with van der Waals surface area (Å²) >= 11 is 11.6. The van der Waals surface area contributed by atoms with Gasteiger partial charge in [-0.25, -0.2) is 4.99 Å². The Kier molecular flexibility index (Phi) is 7.00. The molecule has 0 aliphatic heterocycles. The number of rotatable bonds is 5. The average Bonchev–Trinajstić information content (AvgIpc) is 2.74. The standard InChI is InChI=1S/C22H20ClN3OS/c1-27-20-14-8-7-13-19(20)25-22(28)26-21(16-9-3-2-4-10-16)24-18-12-6-5-11-17(18)15-23/h2-14H,15H2,1H3,(H2,24,25,26,28). The molecule has 0 aromatic heterocycles. The third kappa shape index (κ3) is 5.09. The molecule has 0 aliphatic rings. The summed E-state index contributed by atoms with van der Waals surface area (Å²) in [4.78, 5) is 4.62. The Balaban J connectivity index is 1.91. The van der Waals surface area contributed by atoms with Crippen molar-refractivity contribution in [3.63, 3.8) is 0 Å². The van der Waals surface area contributed by atoms with Gasteiger partial charge in [0, 0.05) is 17.1 Å². The molecule has 3 aromatic rings. The van der Waals surface area contributed by atoms with E-state index in [2.05, 4.69) is 15.6 Å². The third-order valence-electron chi connectivity index (χ3n) is 4.02. The molecule has 142 valence electrons. The van der Waals surface area contributed by atoms with Crippen LogP contribution in [0.25, 0.3) is 0 Å². The van der Waals surface area contributed by atoms with Gasteiger partial charge in [-0.3, -0.25) is 0 Å². The molecule has 0 fully saturated rings. The van der Waals surface area contributed by atoms with Gasteiger partial charge in [0.2, 0.25) is 0 Å². The molecule has 0 aliphatic carbocycles.